The fourth-order valence-corrected chi connectivity index (χ4v) is 4.54. The van der Waals surface area contributed by atoms with Crippen LogP contribution in [-0.2, 0) is 4.79 Å². The van der Waals surface area contributed by atoms with Gasteiger partial charge in [0.25, 0.3) is 5.91 Å². The molecule has 2 N–H and O–H groups in total. The molecule has 1 aromatic carbocycles. The lowest BCUT2D eigenvalue weighted by Crippen LogP contribution is -2.49. The number of benzene rings is 1. The summed E-state index contributed by atoms with van der Waals surface area (Å²) in [6, 6.07) is 4.21. The van der Waals surface area contributed by atoms with Gasteiger partial charge < -0.3 is 15.2 Å². The van der Waals surface area contributed by atoms with Crippen LogP contribution >= 0.6 is 0 Å². The first-order valence-corrected chi connectivity index (χ1v) is 9.94. The Morgan fingerprint density at radius 3 is 2.70 bits per heavy atom. The Morgan fingerprint density at radius 2 is 1.93 bits per heavy atom. The molecule has 6 heteroatoms. The summed E-state index contributed by atoms with van der Waals surface area (Å²) in [5, 5.41) is 3.73. The van der Waals surface area contributed by atoms with E-state index in [9.17, 15) is 14.0 Å². The third-order valence-corrected chi connectivity index (χ3v) is 5.93. The van der Waals surface area contributed by atoms with Crippen LogP contribution in [0, 0.1) is 12.7 Å². The Morgan fingerprint density at radius 1 is 1.15 bits per heavy atom. The number of carbonyl (C=O) groups is 2. The first-order chi connectivity index (χ1) is 13.0. The van der Waals surface area contributed by atoms with Gasteiger partial charge in [0.15, 0.2) is 0 Å². The van der Waals surface area contributed by atoms with Crippen molar-refractivity contribution < 1.29 is 14.0 Å². The predicted octanol–water partition coefficient (Wildman–Crippen LogP) is 3.67. The van der Waals surface area contributed by atoms with E-state index in [1.54, 1.807) is 11.0 Å². The number of aromatic amines is 1. The van der Waals surface area contributed by atoms with Gasteiger partial charge in [0.2, 0.25) is 5.91 Å². The molecule has 1 unspecified atom stereocenters. The van der Waals surface area contributed by atoms with Crippen molar-refractivity contribution in [3.05, 3.63) is 35.3 Å². The number of rotatable bonds is 3. The number of carbonyl (C=O) groups excluding carboxylic acids is 2. The molecule has 144 valence electrons. The van der Waals surface area contributed by atoms with Gasteiger partial charge in [-0.1, -0.05) is 19.3 Å². The van der Waals surface area contributed by atoms with Crippen LogP contribution < -0.4 is 5.32 Å². The molecule has 0 bridgehead atoms. The number of amides is 2. The van der Waals surface area contributed by atoms with Crippen LogP contribution in [-0.4, -0.2) is 40.3 Å². The van der Waals surface area contributed by atoms with Gasteiger partial charge in [-0.05, 0) is 50.8 Å². The second kappa shape index (κ2) is 7.33. The Kier molecular flexibility index (Phi) is 4.89. The van der Waals surface area contributed by atoms with Crippen molar-refractivity contribution in [1.82, 2.24) is 15.2 Å². The van der Waals surface area contributed by atoms with Gasteiger partial charge in [-0.3, -0.25) is 9.59 Å². The van der Waals surface area contributed by atoms with Gasteiger partial charge in [-0.2, -0.15) is 0 Å². The molecule has 1 saturated carbocycles. The van der Waals surface area contributed by atoms with E-state index in [4.69, 9.17) is 0 Å². The van der Waals surface area contributed by atoms with E-state index in [1.165, 1.54) is 18.6 Å². The number of fused-ring (bicyclic) bond motifs is 1. The summed E-state index contributed by atoms with van der Waals surface area (Å²) in [5.41, 5.74) is 1.92. The lowest BCUT2D eigenvalue weighted by Gasteiger charge is -2.28. The van der Waals surface area contributed by atoms with E-state index in [1.807, 2.05) is 6.92 Å². The number of H-pyrrole nitrogens is 1. The smallest absolute Gasteiger partial charge is 0.256 e. The normalized spacial score (nSPS) is 21.0. The molecule has 0 spiro atoms. The molecule has 2 aliphatic rings. The van der Waals surface area contributed by atoms with Crippen LogP contribution in [0.15, 0.2) is 18.2 Å². The number of hydrogen-bond acceptors (Lipinski definition) is 2. The summed E-state index contributed by atoms with van der Waals surface area (Å²) in [7, 11) is 0. The molecule has 1 atom stereocenters. The van der Waals surface area contributed by atoms with E-state index in [0.717, 1.165) is 37.6 Å². The lowest BCUT2D eigenvalue weighted by molar-refractivity contribution is -0.125. The number of aromatic nitrogens is 1. The molecule has 4 rings (SSSR count). The van der Waals surface area contributed by atoms with E-state index in [2.05, 4.69) is 10.3 Å². The molecule has 1 aliphatic heterocycles. The zero-order valence-corrected chi connectivity index (χ0v) is 15.7. The van der Waals surface area contributed by atoms with Crippen LogP contribution in [0.1, 0.15) is 61.0 Å². The van der Waals surface area contributed by atoms with Crippen molar-refractivity contribution in [1.29, 1.82) is 0 Å². The number of hydrogen-bond donors (Lipinski definition) is 2. The minimum absolute atomic E-state index is 0.0450. The number of nitrogens with zero attached hydrogens (tertiary/aromatic N) is 1. The fraction of sp³-hybridized carbons (Fsp3) is 0.524. The summed E-state index contributed by atoms with van der Waals surface area (Å²) >= 11 is 0. The third-order valence-electron chi connectivity index (χ3n) is 5.93. The highest BCUT2D eigenvalue weighted by molar-refractivity contribution is 6.09. The van der Waals surface area contributed by atoms with Crippen molar-refractivity contribution in [3.63, 3.8) is 0 Å². The lowest BCUT2D eigenvalue weighted by atomic mass is 9.95. The van der Waals surface area contributed by atoms with Gasteiger partial charge in [-0.25, -0.2) is 4.39 Å². The van der Waals surface area contributed by atoms with Gasteiger partial charge in [-0.15, -0.1) is 0 Å². The summed E-state index contributed by atoms with van der Waals surface area (Å²) < 4.78 is 13.7. The van der Waals surface area contributed by atoms with Crippen molar-refractivity contribution in [3.8, 4) is 0 Å². The van der Waals surface area contributed by atoms with E-state index >= 15 is 0 Å². The van der Waals surface area contributed by atoms with Gasteiger partial charge in [0.05, 0.1) is 5.56 Å². The minimum atomic E-state index is -0.433. The van der Waals surface area contributed by atoms with Crippen molar-refractivity contribution in [2.75, 3.05) is 6.54 Å². The maximum Gasteiger partial charge on any atom is 0.256 e. The maximum absolute atomic E-state index is 13.7. The van der Waals surface area contributed by atoms with Crippen molar-refractivity contribution in [2.45, 2.75) is 64.0 Å². The maximum atomic E-state index is 13.7. The summed E-state index contributed by atoms with van der Waals surface area (Å²) in [4.78, 5) is 30.9. The molecular weight excluding hydrogens is 345 g/mol. The van der Waals surface area contributed by atoms with Crippen LogP contribution in [0.3, 0.4) is 0 Å². The number of likely N-dealkylation sites (tertiary alicyclic amines) is 1. The van der Waals surface area contributed by atoms with Gasteiger partial charge >= 0.3 is 0 Å². The van der Waals surface area contributed by atoms with Crippen LogP contribution in [0.25, 0.3) is 10.9 Å². The van der Waals surface area contributed by atoms with E-state index in [-0.39, 0.29) is 23.7 Å². The molecule has 1 aromatic heterocycles. The molecule has 5 nitrogen and oxygen atoms in total. The highest BCUT2D eigenvalue weighted by atomic mass is 19.1. The average Bonchev–Trinajstić information content (AvgIpc) is 3.26. The second-order valence-electron chi connectivity index (χ2n) is 7.82. The van der Waals surface area contributed by atoms with Gasteiger partial charge in [0.1, 0.15) is 11.9 Å². The molecular formula is C21H26FN3O2. The third kappa shape index (κ3) is 3.45. The van der Waals surface area contributed by atoms with E-state index < -0.39 is 6.04 Å². The fourth-order valence-electron chi connectivity index (χ4n) is 4.54. The zero-order valence-electron chi connectivity index (χ0n) is 15.7. The van der Waals surface area contributed by atoms with Crippen LogP contribution in [0.2, 0.25) is 0 Å². The Bertz CT molecular complexity index is 870. The van der Waals surface area contributed by atoms with Crippen LogP contribution in [0.5, 0.6) is 0 Å². The highest BCUT2D eigenvalue weighted by Gasteiger charge is 2.36. The predicted molar refractivity (Wildman–Crippen MR) is 102 cm³/mol. The summed E-state index contributed by atoms with van der Waals surface area (Å²) in [5.74, 6) is -0.606. The number of halogens is 1. The summed E-state index contributed by atoms with van der Waals surface area (Å²) in [6.45, 7) is 2.38. The molecule has 0 radical (unpaired) electrons. The molecule has 1 saturated heterocycles. The molecule has 27 heavy (non-hydrogen) atoms. The zero-order chi connectivity index (χ0) is 19.0. The summed E-state index contributed by atoms with van der Waals surface area (Å²) in [6.07, 6.45) is 7.07. The molecule has 2 amide bonds. The van der Waals surface area contributed by atoms with Gasteiger partial charge in [0, 0.05) is 29.2 Å². The van der Waals surface area contributed by atoms with Crippen molar-refractivity contribution >= 4 is 22.7 Å². The first-order valence-electron chi connectivity index (χ1n) is 9.94. The molecule has 1 aliphatic carbocycles. The Balaban J connectivity index is 1.56. The monoisotopic (exact) mass is 371 g/mol. The largest absolute Gasteiger partial charge is 0.358 e. The quantitative estimate of drug-likeness (QED) is 0.865. The topological polar surface area (TPSA) is 65.2 Å². The molecule has 2 heterocycles. The standard InChI is InChI=1S/C21H26FN3O2/c1-13-19(16-12-14(22)9-10-17(16)23-13)21(27)25-11-5-8-18(25)20(26)24-15-6-3-2-4-7-15/h9-10,12,15,18,23H,2-8,11H2,1H3,(H,24,26). The average molecular weight is 371 g/mol. The highest BCUT2D eigenvalue weighted by Crippen LogP contribution is 2.28. The Hall–Kier alpha value is -2.37. The van der Waals surface area contributed by atoms with Crippen molar-refractivity contribution in [2.24, 2.45) is 0 Å². The number of nitrogens with one attached hydrogen (secondary N) is 2. The molecule has 2 aromatic rings. The van der Waals surface area contributed by atoms with E-state index in [0.29, 0.717) is 29.6 Å². The number of aryl methyl sites for hydroxylation is 1. The first kappa shape index (κ1) is 18.0. The molecule has 2 fully saturated rings. The second-order valence-corrected chi connectivity index (χ2v) is 7.82. The SMILES string of the molecule is Cc1[nH]c2ccc(F)cc2c1C(=O)N1CCCC1C(=O)NC1CCCCC1. The Labute approximate surface area is 158 Å². The minimum Gasteiger partial charge on any atom is -0.358 e. The van der Waals surface area contributed by atoms with Crippen LogP contribution in [0.4, 0.5) is 4.39 Å².